The van der Waals surface area contributed by atoms with Gasteiger partial charge in [0.15, 0.2) is 5.60 Å². The van der Waals surface area contributed by atoms with E-state index in [9.17, 15) is 22.8 Å². The lowest BCUT2D eigenvalue weighted by Gasteiger charge is -2.42. The summed E-state index contributed by atoms with van der Waals surface area (Å²) in [6.45, 7) is 1.69. The summed E-state index contributed by atoms with van der Waals surface area (Å²) in [5.41, 5.74) is 2.52. The Kier molecular flexibility index (Phi) is 6.50. The van der Waals surface area contributed by atoms with Crippen molar-refractivity contribution in [2.45, 2.75) is 57.1 Å². The van der Waals surface area contributed by atoms with Gasteiger partial charge in [-0.05, 0) is 63.1 Å². The van der Waals surface area contributed by atoms with Crippen LogP contribution < -0.4 is 10.7 Å². The van der Waals surface area contributed by atoms with E-state index in [1.54, 1.807) is 13.0 Å². The summed E-state index contributed by atoms with van der Waals surface area (Å²) in [7, 11) is 0. The van der Waals surface area contributed by atoms with Crippen LogP contribution in [0.25, 0.3) is 0 Å². The van der Waals surface area contributed by atoms with E-state index in [4.69, 9.17) is 4.74 Å². The molecular weight excluding hydrogens is 455 g/mol. The zero-order chi connectivity index (χ0) is 21.2. The van der Waals surface area contributed by atoms with E-state index in [0.717, 1.165) is 0 Å². The van der Waals surface area contributed by atoms with Gasteiger partial charge in [-0.25, -0.2) is 14.6 Å². The molecule has 2 aliphatic rings. The second-order valence-corrected chi connectivity index (χ2v) is 8.32. The van der Waals surface area contributed by atoms with Gasteiger partial charge >= 0.3 is 12.5 Å². The summed E-state index contributed by atoms with van der Waals surface area (Å²) in [6.07, 6.45) is -0.822. The topological polar surface area (TPSA) is 79.8 Å². The number of hydrogen-bond donors (Lipinski definition) is 2. The second kappa shape index (κ2) is 8.73. The number of hydrazone groups is 1. The molecule has 3 rings (SSSR count). The first-order chi connectivity index (χ1) is 13.7. The van der Waals surface area contributed by atoms with E-state index in [1.165, 1.54) is 12.1 Å². The number of benzene rings is 1. The van der Waals surface area contributed by atoms with Gasteiger partial charge in [-0.1, -0.05) is 15.9 Å². The van der Waals surface area contributed by atoms with Gasteiger partial charge in [-0.15, -0.1) is 0 Å². The number of amides is 2. The third-order valence-corrected chi connectivity index (χ3v) is 6.01. The van der Waals surface area contributed by atoms with Crippen LogP contribution in [0.3, 0.4) is 0 Å². The minimum atomic E-state index is -3.03. The number of carbonyl (C=O) groups is 2. The molecule has 1 saturated carbocycles. The smallest absolute Gasteiger partial charge is 0.428 e. The van der Waals surface area contributed by atoms with Crippen LogP contribution in [-0.4, -0.2) is 35.8 Å². The molecule has 1 aliphatic carbocycles. The Labute approximate surface area is 174 Å². The molecule has 0 unspecified atom stereocenters. The summed E-state index contributed by atoms with van der Waals surface area (Å²) < 4.78 is 44.4. The molecule has 10 heteroatoms. The molecule has 1 aliphatic heterocycles. The lowest BCUT2D eigenvalue weighted by molar-refractivity contribution is -0.132. The Bertz CT molecular complexity index is 826. The molecule has 1 aromatic carbocycles. The van der Waals surface area contributed by atoms with Crippen molar-refractivity contribution in [3.8, 4) is 0 Å². The van der Waals surface area contributed by atoms with Crippen LogP contribution in [0.4, 0.5) is 18.0 Å². The molecule has 29 heavy (non-hydrogen) atoms. The standard InChI is InChI=1S/C19H21BrF3N3O3/c1-10(24-17(27)16(22)23)8-11-4-6-19(7-5-11)15(25-26-18(28)29-19)13-3-2-12(21)9-14(13)20/h2-3,9-11,16H,4-8H2,1H3,(H,24,27)(H,26,28)/t10-,11?,19?/m0/s1. The third kappa shape index (κ3) is 4.91. The summed E-state index contributed by atoms with van der Waals surface area (Å²) in [5, 5.41) is 6.49. The molecule has 1 heterocycles. The number of alkyl halides is 2. The van der Waals surface area contributed by atoms with E-state index in [0.29, 0.717) is 47.9 Å². The second-order valence-electron chi connectivity index (χ2n) is 7.47. The van der Waals surface area contributed by atoms with Gasteiger partial charge in [0.05, 0.1) is 0 Å². The highest BCUT2D eigenvalue weighted by atomic mass is 79.9. The van der Waals surface area contributed by atoms with Crippen LogP contribution in [0.1, 0.15) is 44.6 Å². The molecule has 1 spiro atoms. The third-order valence-electron chi connectivity index (χ3n) is 5.35. The van der Waals surface area contributed by atoms with E-state index < -0.39 is 29.8 Å². The van der Waals surface area contributed by atoms with Crippen molar-refractivity contribution >= 4 is 33.6 Å². The largest absolute Gasteiger partial charge is 0.435 e. The minimum absolute atomic E-state index is 0.181. The zero-order valence-electron chi connectivity index (χ0n) is 15.7. The quantitative estimate of drug-likeness (QED) is 0.671. The Balaban J connectivity index is 1.71. The number of halogens is 4. The molecule has 2 N–H and O–H groups in total. The van der Waals surface area contributed by atoms with Gasteiger partial charge in [-0.3, -0.25) is 4.79 Å². The van der Waals surface area contributed by atoms with Gasteiger partial charge in [0.25, 0.3) is 5.91 Å². The van der Waals surface area contributed by atoms with Crippen LogP contribution in [-0.2, 0) is 9.53 Å². The molecule has 158 valence electrons. The van der Waals surface area contributed by atoms with Crippen LogP contribution in [0.2, 0.25) is 0 Å². The molecule has 1 fully saturated rings. The average molecular weight is 476 g/mol. The summed E-state index contributed by atoms with van der Waals surface area (Å²) in [5.74, 6) is -1.49. The number of ether oxygens (including phenoxy) is 1. The summed E-state index contributed by atoms with van der Waals surface area (Å²) >= 11 is 3.34. The normalized spacial score (nSPS) is 25.2. The maximum absolute atomic E-state index is 13.5. The molecule has 0 bridgehead atoms. The first-order valence-corrected chi connectivity index (χ1v) is 10.1. The van der Waals surface area contributed by atoms with Gasteiger partial charge in [0.1, 0.15) is 11.5 Å². The van der Waals surface area contributed by atoms with Crippen molar-refractivity contribution < 1.29 is 27.5 Å². The van der Waals surface area contributed by atoms with Crippen molar-refractivity contribution in [3.63, 3.8) is 0 Å². The van der Waals surface area contributed by atoms with Gasteiger partial charge in [0.2, 0.25) is 0 Å². The van der Waals surface area contributed by atoms with Crippen molar-refractivity contribution in [3.05, 3.63) is 34.1 Å². The highest BCUT2D eigenvalue weighted by molar-refractivity contribution is 9.10. The number of rotatable bonds is 5. The highest BCUT2D eigenvalue weighted by Crippen LogP contribution is 2.41. The van der Waals surface area contributed by atoms with Gasteiger partial charge < -0.3 is 10.1 Å². The summed E-state index contributed by atoms with van der Waals surface area (Å²) in [6, 6.07) is 3.83. The molecule has 0 radical (unpaired) electrons. The van der Waals surface area contributed by atoms with Crippen LogP contribution >= 0.6 is 15.9 Å². The fourth-order valence-electron chi connectivity index (χ4n) is 4.02. The van der Waals surface area contributed by atoms with Crippen molar-refractivity contribution in [2.24, 2.45) is 11.0 Å². The lowest BCUT2D eigenvalue weighted by atomic mass is 9.73. The SMILES string of the molecule is C[C@@H](CC1CCC2(CC1)OC(=O)NN=C2c1ccc(F)cc1Br)NC(=O)C(F)F. The predicted molar refractivity (Wildman–Crippen MR) is 103 cm³/mol. The maximum atomic E-state index is 13.5. The molecular formula is C19H21BrF3N3O3. The van der Waals surface area contributed by atoms with E-state index in [-0.39, 0.29) is 12.0 Å². The molecule has 1 aromatic rings. The number of nitrogens with zero attached hydrogens (tertiary/aromatic N) is 1. The number of hydrogen-bond acceptors (Lipinski definition) is 4. The van der Waals surface area contributed by atoms with Crippen LogP contribution in [0, 0.1) is 11.7 Å². The van der Waals surface area contributed by atoms with Crippen molar-refractivity contribution in [1.82, 2.24) is 10.7 Å². The Hall–Kier alpha value is -2.10. The lowest BCUT2D eigenvalue weighted by Crippen LogP contribution is -2.52. The number of carbonyl (C=O) groups excluding carboxylic acids is 2. The van der Waals surface area contributed by atoms with Gasteiger partial charge in [-0.2, -0.15) is 13.9 Å². The number of nitrogens with one attached hydrogen (secondary N) is 2. The molecule has 0 aromatic heterocycles. The first kappa shape index (κ1) is 21.6. The molecule has 2 amide bonds. The van der Waals surface area contributed by atoms with Crippen molar-refractivity contribution in [2.75, 3.05) is 0 Å². The Morgan fingerprint density at radius 2 is 2.10 bits per heavy atom. The fraction of sp³-hybridized carbons (Fsp3) is 0.526. The first-order valence-electron chi connectivity index (χ1n) is 9.31. The zero-order valence-corrected chi connectivity index (χ0v) is 17.3. The molecule has 6 nitrogen and oxygen atoms in total. The molecule has 0 saturated heterocycles. The van der Waals surface area contributed by atoms with Crippen LogP contribution in [0.5, 0.6) is 0 Å². The maximum Gasteiger partial charge on any atom is 0.428 e. The van der Waals surface area contributed by atoms with E-state index >= 15 is 0 Å². The van der Waals surface area contributed by atoms with Crippen LogP contribution in [0.15, 0.2) is 27.8 Å². The Morgan fingerprint density at radius 1 is 1.41 bits per heavy atom. The highest BCUT2D eigenvalue weighted by Gasteiger charge is 2.46. The monoisotopic (exact) mass is 475 g/mol. The van der Waals surface area contributed by atoms with Gasteiger partial charge in [0, 0.05) is 16.1 Å². The Morgan fingerprint density at radius 3 is 2.72 bits per heavy atom. The van der Waals surface area contributed by atoms with E-state index in [2.05, 4.69) is 31.8 Å². The fourth-order valence-corrected chi connectivity index (χ4v) is 4.56. The minimum Gasteiger partial charge on any atom is -0.435 e. The predicted octanol–water partition coefficient (Wildman–Crippen LogP) is 4.12. The van der Waals surface area contributed by atoms with Crippen molar-refractivity contribution in [1.29, 1.82) is 0 Å². The van der Waals surface area contributed by atoms with E-state index in [1.807, 2.05) is 0 Å². The molecule has 1 atom stereocenters. The average Bonchev–Trinajstić information content (AvgIpc) is 2.64. The summed E-state index contributed by atoms with van der Waals surface area (Å²) in [4.78, 5) is 23.0.